The monoisotopic (exact) mass is 114 g/mol. The summed E-state index contributed by atoms with van der Waals surface area (Å²) < 4.78 is 0. The standard InChI is InChI=1S/C4H6N2O2/c5-6-2-1-3(7)4(6)8/h1-2,5H2. The van der Waals surface area contributed by atoms with Crippen LogP contribution in [-0.4, -0.2) is 23.2 Å². The zero-order valence-corrected chi connectivity index (χ0v) is 4.26. The number of carbonyl (C=O) groups excluding carboxylic acids is 2. The van der Waals surface area contributed by atoms with E-state index in [2.05, 4.69) is 0 Å². The van der Waals surface area contributed by atoms with Gasteiger partial charge >= 0.3 is 5.91 Å². The number of hydrogen-bond acceptors (Lipinski definition) is 3. The van der Waals surface area contributed by atoms with Crippen LogP contribution in [0.25, 0.3) is 0 Å². The zero-order chi connectivity index (χ0) is 6.15. The topological polar surface area (TPSA) is 63.4 Å². The second-order valence-corrected chi connectivity index (χ2v) is 1.67. The maximum absolute atomic E-state index is 10.4. The Balaban J connectivity index is 2.71. The summed E-state index contributed by atoms with van der Waals surface area (Å²) in [6, 6.07) is 0. The SMILES string of the molecule is NN1CCC(=O)C1=O. The van der Waals surface area contributed by atoms with Gasteiger partial charge in [-0.2, -0.15) is 0 Å². The van der Waals surface area contributed by atoms with Crippen molar-refractivity contribution in [2.75, 3.05) is 6.54 Å². The van der Waals surface area contributed by atoms with Crippen LogP contribution in [-0.2, 0) is 9.59 Å². The van der Waals surface area contributed by atoms with Crippen LogP contribution >= 0.6 is 0 Å². The van der Waals surface area contributed by atoms with E-state index < -0.39 is 5.91 Å². The fraction of sp³-hybridized carbons (Fsp3) is 0.500. The molecule has 8 heavy (non-hydrogen) atoms. The first-order chi connectivity index (χ1) is 3.72. The van der Waals surface area contributed by atoms with Gasteiger partial charge in [0.2, 0.25) is 5.78 Å². The van der Waals surface area contributed by atoms with Crippen molar-refractivity contribution in [3.05, 3.63) is 0 Å². The van der Waals surface area contributed by atoms with Gasteiger partial charge in [-0.25, -0.2) is 5.84 Å². The highest BCUT2D eigenvalue weighted by Crippen LogP contribution is 1.98. The first-order valence-electron chi connectivity index (χ1n) is 2.31. The lowest BCUT2D eigenvalue weighted by Gasteiger charge is -2.01. The Bertz CT molecular complexity index is 143. The summed E-state index contributed by atoms with van der Waals surface area (Å²) in [4.78, 5) is 20.7. The van der Waals surface area contributed by atoms with Gasteiger partial charge in [-0.05, 0) is 0 Å². The van der Waals surface area contributed by atoms with Gasteiger partial charge < -0.3 is 0 Å². The van der Waals surface area contributed by atoms with Crippen molar-refractivity contribution in [2.45, 2.75) is 6.42 Å². The molecule has 0 bridgehead atoms. The van der Waals surface area contributed by atoms with Crippen molar-refractivity contribution in [3.8, 4) is 0 Å². The van der Waals surface area contributed by atoms with Crippen molar-refractivity contribution in [1.29, 1.82) is 0 Å². The molecule has 0 aromatic rings. The number of ketones is 1. The molecule has 1 aliphatic heterocycles. The molecule has 1 fully saturated rings. The zero-order valence-electron chi connectivity index (χ0n) is 4.26. The molecule has 0 aromatic heterocycles. The minimum atomic E-state index is -0.565. The molecule has 0 atom stereocenters. The summed E-state index contributed by atoms with van der Waals surface area (Å²) in [7, 11) is 0. The molecule has 1 saturated heterocycles. The van der Waals surface area contributed by atoms with Gasteiger partial charge in [0.05, 0.1) is 0 Å². The normalized spacial score (nSPS) is 20.4. The summed E-state index contributed by atoms with van der Waals surface area (Å²) in [5.74, 6) is 4.08. The average molecular weight is 114 g/mol. The van der Waals surface area contributed by atoms with E-state index in [0.717, 1.165) is 5.01 Å². The van der Waals surface area contributed by atoms with E-state index in [-0.39, 0.29) is 12.2 Å². The molecule has 1 rings (SSSR count). The van der Waals surface area contributed by atoms with E-state index in [9.17, 15) is 9.59 Å². The maximum Gasteiger partial charge on any atom is 0.303 e. The fourth-order valence-electron chi connectivity index (χ4n) is 0.591. The van der Waals surface area contributed by atoms with Crippen LogP contribution in [0, 0.1) is 0 Å². The molecule has 1 amide bonds. The van der Waals surface area contributed by atoms with Crippen LogP contribution < -0.4 is 5.84 Å². The molecule has 4 heteroatoms. The van der Waals surface area contributed by atoms with E-state index >= 15 is 0 Å². The number of nitrogens with two attached hydrogens (primary N) is 1. The maximum atomic E-state index is 10.4. The molecule has 0 saturated carbocycles. The Labute approximate surface area is 46.2 Å². The Morgan fingerprint density at radius 3 is 2.25 bits per heavy atom. The number of hydrazine groups is 1. The largest absolute Gasteiger partial charge is 0.303 e. The van der Waals surface area contributed by atoms with E-state index in [0.29, 0.717) is 6.54 Å². The Hall–Kier alpha value is -0.900. The third kappa shape index (κ3) is 0.586. The predicted molar refractivity (Wildman–Crippen MR) is 25.5 cm³/mol. The molecular weight excluding hydrogens is 108 g/mol. The first kappa shape index (κ1) is 5.24. The van der Waals surface area contributed by atoms with E-state index in [1.54, 1.807) is 0 Å². The highest BCUT2D eigenvalue weighted by molar-refractivity contribution is 6.37. The first-order valence-corrected chi connectivity index (χ1v) is 2.31. The van der Waals surface area contributed by atoms with Gasteiger partial charge in [0.25, 0.3) is 0 Å². The highest BCUT2D eigenvalue weighted by atomic mass is 16.2. The second-order valence-electron chi connectivity index (χ2n) is 1.67. The molecular formula is C4H6N2O2. The molecule has 0 unspecified atom stereocenters. The van der Waals surface area contributed by atoms with E-state index in [4.69, 9.17) is 5.84 Å². The lowest BCUT2D eigenvalue weighted by molar-refractivity contribution is -0.140. The quantitative estimate of drug-likeness (QED) is 0.241. The number of amides is 1. The van der Waals surface area contributed by atoms with Crippen LogP contribution in [0.3, 0.4) is 0 Å². The third-order valence-corrected chi connectivity index (χ3v) is 1.08. The van der Waals surface area contributed by atoms with E-state index in [1.165, 1.54) is 0 Å². The lowest BCUT2D eigenvalue weighted by atomic mass is 10.3. The van der Waals surface area contributed by atoms with Crippen LogP contribution in [0.1, 0.15) is 6.42 Å². The summed E-state index contributed by atoms with van der Waals surface area (Å²) in [6.45, 7) is 0.373. The van der Waals surface area contributed by atoms with Crippen molar-refractivity contribution in [2.24, 2.45) is 5.84 Å². The highest BCUT2D eigenvalue weighted by Gasteiger charge is 2.26. The summed E-state index contributed by atoms with van der Waals surface area (Å²) >= 11 is 0. The molecule has 0 spiro atoms. The van der Waals surface area contributed by atoms with Gasteiger partial charge in [-0.3, -0.25) is 14.6 Å². The molecule has 4 nitrogen and oxygen atoms in total. The molecule has 0 aromatic carbocycles. The minimum absolute atomic E-state index is 0.273. The molecule has 0 aliphatic carbocycles. The number of rotatable bonds is 0. The predicted octanol–water partition coefficient (Wildman–Crippen LogP) is -1.34. The van der Waals surface area contributed by atoms with Crippen LogP contribution in [0.2, 0.25) is 0 Å². The van der Waals surface area contributed by atoms with Crippen molar-refractivity contribution < 1.29 is 9.59 Å². The summed E-state index contributed by atoms with van der Waals surface area (Å²) in [6.07, 6.45) is 0.273. The van der Waals surface area contributed by atoms with Crippen LogP contribution in [0.15, 0.2) is 0 Å². The second kappa shape index (κ2) is 1.56. The smallest absolute Gasteiger partial charge is 0.289 e. The average Bonchev–Trinajstić information content (AvgIpc) is 1.98. The van der Waals surface area contributed by atoms with Crippen LogP contribution in [0.4, 0.5) is 0 Å². The summed E-state index contributed by atoms with van der Waals surface area (Å²) in [5, 5.41) is 0.933. The van der Waals surface area contributed by atoms with Crippen molar-refractivity contribution in [1.82, 2.24) is 5.01 Å². The lowest BCUT2D eigenvalue weighted by Crippen LogP contribution is -2.33. The van der Waals surface area contributed by atoms with Gasteiger partial charge in [0, 0.05) is 13.0 Å². The van der Waals surface area contributed by atoms with Gasteiger partial charge in [0.1, 0.15) is 0 Å². The van der Waals surface area contributed by atoms with Crippen LogP contribution in [0.5, 0.6) is 0 Å². The minimum Gasteiger partial charge on any atom is -0.289 e. The number of carbonyl (C=O) groups is 2. The molecule has 1 heterocycles. The number of Topliss-reactive ketones (excluding diaryl/α,β-unsaturated/α-hetero) is 1. The Kier molecular flexibility index (Phi) is 1.02. The Morgan fingerprint density at radius 2 is 2.12 bits per heavy atom. The molecule has 0 radical (unpaired) electrons. The molecule has 2 N–H and O–H groups in total. The summed E-state index contributed by atoms with van der Waals surface area (Å²) in [5.41, 5.74) is 0. The number of nitrogens with zero attached hydrogens (tertiary/aromatic N) is 1. The van der Waals surface area contributed by atoms with Gasteiger partial charge in [0.15, 0.2) is 0 Å². The van der Waals surface area contributed by atoms with Gasteiger partial charge in [-0.1, -0.05) is 0 Å². The Morgan fingerprint density at radius 1 is 1.50 bits per heavy atom. The fourth-order valence-corrected chi connectivity index (χ4v) is 0.591. The van der Waals surface area contributed by atoms with Crippen molar-refractivity contribution in [3.63, 3.8) is 0 Å². The number of hydrogen-bond donors (Lipinski definition) is 1. The van der Waals surface area contributed by atoms with Gasteiger partial charge in [-0.15, -0.1) is 0 Å². The molecule has 1 aliphatic rings. The van der Waals surface area contributed by atoms with Crippen molar-refractivity contribution >= 4 is 11.7 Å². The third-order valence-electron chi connectivity index (χ3n) is 1.08. The van der Waals surface area contributed by atoms with E-state index in [1.807, 2.05) is 0 Å². The molecule has 44 valence electrons.